The number of hydrogen-bond donors (Lipinski definition) is 2. The van der Waals surface area contributed by atoms with Gasteiger partial charge in [0.15, 0.2) is 0 Å². The predicted octanol–water partition coefficient (Wildman–Crippen LogP) is 2.68. The molecule has 0 spiro atoms. The first-order chi connectivity index (χ1) is 7.83. The lowest BCUT2D eigenvalue weighted by Crippen LogP contribution is -2.33. The summed E-state index contributed by atoms with van der Waals surface area (Å²) in [5.41, 5.74) is 7.34. The maximum atomic E-state index is 6.02. The van der Waals surface area contributed by atoms with Gasteiger partial charge in [0.2, 0.25) is 0 Å². The largest absolute Gasteiger partial charge is 0.327 e. The minimum atomic E-state index is 0.301. The molecule has 0 fully saturated rings. The van der Waals surface area contributed by atoms with Gasteiger partial charge in [0.25, 0.3) is 0 Å². The van der Waals surface area contributed by atoms with Crippen molar-refractivity contribution in [3.05, 3.63) is 35.9 Å². The second-order valence-electron chi connectivity index (χ2n) is 4.37. The summed E-state index contributed by atoms with van der Waals surface area (Å²) in [5.74, 6) is 0. The molecule has 0 bridgehead atoms. The van der Waals surface area contributed by atoms with Gasteiger partial charge in [0, 0.05) is 19.1 Å². The first-order valence-corrected chi connectivity index (χ1v) is 6.33. The van der Waals surface area contributed by atoms with Gasteiger partial charge in [0.05, 0.1) is 0 Å². The molecule has 0 aliphatic heterocycles. The zero-order valence-electron chi connectivity index (χ0n) is 10.3. The lowest BCUT2D eigenvalue weighted by molar-refractivity contribution is 0.515. The van der Waals surface area contributed by atoms with Crippen LogP contribution in [-0.2, 0) is 6.54 Å². The maximum absolute atomic E-state index is 6.02. The third-order valence-corrected chi connectivity index (χ3v) is 2.76. The van der Waals surface area contributed by atoms with Crippen molar-refractivity contribution in [3.63, 3.8) is 0 Å². The van der Waals surface area contributed by atoms with Crippen molar-refractivity contribution < 1.29 is 0 Å². The maximum Gasteiger partial charge on any atom is 0.0206 e. The summed E-state index contributed by atoms with van der Waals surface area (Å²) in [4.78, 5) is 0. The minimum Gasteiger partial charge on any atom is -0.327 e. The molecule has 0 saturated heterocycles. The van der Waals surface area contributed by atoms with E-state index in [1.54, 1.807) is 0 Å². The van der Waals surface area contributed by atoms with Crippen LogP contribution in [0.1, 0.15) is 38.2 Å². The van der Waals surface area contributed by atoms with Crippen LogP contribution in [0.15, 0.2) is 30.3 Å². The molecule has 1 rings (SSSR count). The normalized spacial score (nSPS) is 12.6. The van der Waals surface area contributed by atoms with Gasteiger partial charge in [0.1, 0.15) is 0 Å². The predicted molar refractivity (Wildman–Crippen MR) is 70.3 cm³/mol. The summed E-state index contributed by atoms with van der Waals surface area (Å²) in [6.45, 7) is 4.06. The number of rotatable bonds is 8. The van der Waals surface area contributed by atoms with E-state index < -0.39 is 0 Å². The van der Waals surface area contributed by atoms with E-state index in [2.05, 4.69) is 36.5 Å². The molecule has 3 N–H and O–H groups in total. The van der Waals surface area contributed by atoms with Crippen LogP contribution in [0.3, 0.4) is 0 Å². The lowest BCUT2D eigenvalue weighted by atomic mass is 10.1. The molecule has 1 aromatic rings. The zero-order chi connectivity index (χ0) is 11.6. The smallest absolute Gasteiger partial charge is 0.0206 e. The summed E-state index contributed by atoms with van der Waals surface area (Å²) < 4.78 is 0. The van der Waals surface area contributed by atoms with Gasteiger partial charge in [-0.1, -0.05) is 56.5 Å². The van der Waals surface area contributed by atoms with Crippen molar-refractivity contribution in [2.24, 2.45) is 5.73 Å². The van der Waals surface area contributed by atoms with Gasteiger partial charge in [-0.2, -0.15) is 0 Å². The highest BCUT2D eigenvalue weighted by Gasteiger charge is 2.01. The molecule has 0 aromatic heterocycles. The van der Waals surface area contributed by atoms with E-state index in [-0.39, 0.29) is 0 Å². The van der Waals surface area contributed by atoms with E-state index in [1.165, 1.54) is 24.8 Å². The molecule has 0 heterocycles. The molecule has 0 saturated carbocycles. The van der Waals surface area contributed by atoms with Crippen LogP contribution < -0.4 is 11.1 Å². The molecule has 0 aliphatic rings. The molecule has 90 valence electrons. The molecule has 2 nitrogen and oxygen atoms in total. The van der Waals surface area contributed by atoms with Crippen LogP contribution in [0, 0.1) is 0 Å². The Labute approximate surface area is 99.2 Å². The van der Waals surface area contributed by atoms with Gasteiger partial charge in [-0.15, -0.1) is 0 Å². The monoisotopic (exact) mass is 220 g/mol. The van der Waals surface area contributed by atoms with E-state index in [9.17, 15) is 0 Å². The highest BCUT2D eigenvalue weighted by molar-refractivity contribution is 5.14. The average molecular weight is 220 g/mol. The SMILES string of the molecule is CCCCC[C@@H](N)CNCc1ccccc1. The Morgan fingerprint density at radius 2 is 1.94 bits per heavy atom. The fourth-order valence-electron chi connectivity index (χ4n) is 1.76. The first-order valence-electron chi connectivity index (χ1n) is 6.33. The van der Waals surface area contributed by atoms with Crippen LogP contribution in [0.4, 0.5) is 0 Å². The van der Waals surface area contributed by atoms with Gasteiger partial charge >= 0.3 is 0 Å². The Hall–Kier alpha value is -0.860. The molecule has 2 heteroatoms. The van der Waals surface area contributed by atoms with E-state index in [0.717, 1.165) is 19.5 Å². The number of nitrogens with two attached hydrogens (primary N) is 1. The van der Waals surface area contributed by atoms with Gasteiger partial charge in [-0.05, 0) is 12.0 Å². The van der Waals surface area contributed by atoms with Crippen LogP contribution in [0.5, 0.6) is 0 Å². The van der Waals surface area contributed by atoms with Gasteiger partial charge < -0.3 is 11.1 Å². The highest BCUT2D eigenvalue weighted by atomic mass is 14.9. The van der Waals surface area contributed by atoms with E-state index in [4.69, 9.17) is 5.73 Å². The number of unbranched alkanes of at least 4 members (excludes halogenated alkanes) is 2. The van der Waals surface area contributed by atoms with Gasteiger partial charge in [-0.25, -0.2) is 0 Å². The molecule has 16 heavy (non-hydrogen) atoms. The van der Waals surface area contributed by atoms with Crippen LogP contribution in [0.25, 0.3) is 0 Å². The third-order valence-electron chi connectivity index (χ3n) is 2.76. The van der Waals surface area contributed by atoms with Crippen molar-refractivity contribution in [2.45, 2.75) is 45.2 Å². The van der Waals surface area contributed by atoms with Crippen molar-refractivity contribution in [3.8, 4) is 0 Å². The molecule has 1 atom stereocenters. The van der Waals surface area contributed by atoms with E-state index in [1.807, 2.05) is 6.07 Å². The zero-order valence-corrected chi connectivity index (χ0v) is 10.3. The third kappa shape index (κ3) is 5.89. The van der Waals surface area contributed by atoms with Crippen LogP contribution in [-0.4, -0.2) is 12.6 Å². The Morgan fingerprint density at radius 1 is 1.19 bits per heavy atom. The van der Waals surface area contributed by atoms with Crippen molar-refractivity contribution in [1.29, 1.82) is 0 Å². The first kappa shape index (κ1) is 13.2. The van der Waals surface area contributed by atoms with Crippen LogP contribution >= 0.6 is 0 Å². The molecule has 0 radical (unpaired) electrons. The fraction of sp³-hybridized carbons (Fsp3) is 0.571. The molecule has 0 amide bonds. The molecule has 0 unspecified atom stereocenters. The van der Waals surface area contributed by atoms with Gasteiger partial charge in [-0.3, -0.25) is 0 Å². The summed E-state index contributed by atoms with van der Waals surface area (Å²) in [7, 11) is 0. The second-order valence-corrected chi connectivity index (χ2v) is 4.37. The van der Waals surface area contributed by atoms with Crippen molar-refractivity contribution in [1.82, 2.24) is 5.32 Å². The standard InChI is InChI=1S/C14H24N2/c1-2-3-5-10-14(15)12-16-11-13-8-6-4-7-9-13/h4,6-9,14,16H,2-3,5,10-12,15H2,1H3/t14-/m1/s1. The van der Waals surface area contributed by atoms with E-state index >= 15 is 0 Å². The average Bonchev–Trinajstić information content (AvgIpc) is 2.31. The fourth-order valence-corrected chi connectivity index (χ4v) is 1.76. The lowest BCUT2D eigenvalue weighted by Gasteiger charge is -2.12. The molecular formula is C14H24N2. The van der Waals surface area contributed by atoms with Crippen molar-refractivity contribution in [2.75, 3.05) is 6.54 Å². The Balaban J connectivity index is 2.06. The molecule has 1 aromatic carbocycles. The summed E-state index contributed by atoms with van der Waals surface area (Å²) in [5, 5.41) is 3.40. The highest BCUT2D eigenvalue weighted by Crippen LogP contribution is 2.01. The Morgan fingerprint density at radius 3 is 2.62 bits per heavy atom. The summed E-state index contributed by atoms with van der Waals surface area (Å²) >= 11 is 0. The Bertz CT molecular complexity index is 259. The summed E-state index contributed by atoms with van der Waals surface area (Å²) in [6, 6.07) is 10.7. The van der Waals surface area contributed by atoms with E-state index in [0.29, 0.717) is 6.04 Å². The van der Waals surface area contributed by atoms with Crippen LogP contribution in [0.2, 0.25) is 0 Å². The Kier molecular flexibility index (Phi) is 6.86. The topological polar surface area (TPSA) is 38.0 Å². The number of nitrogens with one attached hydrogen (secondary N) is 1. The quantitative estimate of drug-likeness (QED) is 0.661. The molecular weight excluding hydrogens is 196 g/mol. The second kappa shape index (κ2) is 8.31. The number of hydrogen-bond acceptors (Lipinski definition) is 2. The summed E-state index contributed by atoms with van der Waals surface area (Å²) in [6.07, 6.45) is 4.96. The minimum absolute atomic E-state index is 0.301. The molecule has 0 aliphatic carbocycles. The number of benzene rings is 1. The van der Waals surface area contributed by atoms with Crippen molar-refractivity contribution >= 4 is 0 Å².